The van der Waals surface area contributed by atoms with Gasteiger partial charge in [-0.25, -0.2) is 0 Å². The third-order valence-corrected chi connectivity index (χ3v) is 3.95. The van der Waals surface area contributed by atoms with Crippen LogP contribution in [0.25, 0.3) is 0 Å². The Kier molecular flexibility index (Phi) is 6.21. The van der Waals surface area contributed by atoms with Gasteiger partial charge >= 0.3 is 0 Å². The van der Waals surface area contributed by atoms with E-state index in [2.05, 4.69) is 17.3 Å². The molecule has 0 saturated carbocycles. The fourth-order valence-corrected chi connectivity index (χ4v) is 2.71. The summed E-state index contributed by atoms with van der Waals surface area (Å²) in [6.07, 6.45) is 1.48. The van der Waals surface area contributed by atoms with E-state index in [-0.39, 0.29) is 12.0 Å². The molecule has 1 heterocycles. The second-order valence-electron chi connectivity index (χ2n) is 5.87. The number of ether oxygens (including phenoxy) is 2. The number of nitrogens with one attached hydrogen (secondary N) is 1. The van der Waals surface area contributed by atoms with E-state index in [1.165, 1.54) is 0 Å². The SMILES string of the molecule is COc1ccc(CC(=O)NCC[C@H]2CN(C)CCO2)cc1C. The van der Waals surface area contributed by atoms with Crippen molar-refractivity contribution in [2.45, 2.75) is 25.9 Å². The lowest BCUT2D eigenvalue weighted by Crippen LogP contribution is -2.41. The first-order valence-electron chi connectivity index (χ1n) is 7.79. The standard InChI is InChI=1S/C17H26N2O3/c1-13-10-14(4-5-16(13)21-3)11-17(20)18-7-6-15-12-19(2)8-9-22-15/h4-5,10,15H,6-9,11-12H2,1-3H3,(H,18,20)/t15-/m0/s1. The first-order valence-corrected chi connectivity index (χ1v) is 7.79. The molecule has 5 heteroatoms. The van der Waals surface area contributed by atoms with E-state index < -0.39 is 0 Å². The molecule has 1 saturated heterocycles. The first kappa shape index (κ1) is 16.8. The minimum Gasteiger partial charge on any atom is -0.496 e. The maximum atomic E-state index is 12.0. The molecule has 122 valence electrons. The average Bonchev–Trinajstić information content (AvgIpc) is 2.47. The molecular formula is C17H26N2O3. The Labute approximate surface area is 132 Å². The summed E-state index contributed by atoms with van der Waals surface area (Å²) < 4.78 is 10.9. The molecule has 0 unspecified atom stereocenters. The van der Waals surface area contributed by atoms with Gasteiger partial charge in [0.2, 0.25) is 5.91 Å². The van der Waals surface area contributed by atoms with Crippen LogP contribution in [0.15, 0.2) is 18.2 Å². The lowest BCUT2D eigenvalue weighted by molar-refractivity contribution is -0.120. The predicted octanol–water partition coefficient (Wildman–Crippen LogP) is 1.38. The third kappa shape index (κ3) is 5.00. The third-order valence-electron chi connectivity index (χ3n) is 3.95. The van der Waals surface area contributed by atoms with Crippen LogP contribution in [0.5, 0.6) is 5.75 Å². The van der Waals surface area contributed by atoms with E-state index in [9.17, 15) is 4.79 Å². The second-order valence-corrected chi connectivity index (χ2v) is 5.87. The minimum absolute atomic E-state index is 0.0498. The number of carbonyl (C=O) groups is 1. The number of carbonyl (C=O) groups excluding carboxylic acids is 1. The lowest BCUT2D eigenvalue weighted by Gasteiger charge is -2.30. The van der Waals surface area contributed by atoms with Crippen LogP contribution in [0.2, 0.25) is 0 Å². The number of methoxy groups -OCH3 is 1. The van der Waals surface area contributed by atoms with Crippen molar-refractivity contribution < 1.29 is 14.3 Å². The summed E-state index contributed by atoms with van der Waals surface area (Å²) in [6, 6.07) is 5.84. The summed E-state index contributed by atoms with van der Waals surface area (Å²) in [6.45, 7) is 5.34. The quantitative estimate of drug-likeness (QED) is 0.863. The summed E-state index contributed by atoms with van der Waals surface area (Å²) in [5, 5.41) is 2.97. The largest absolute Gasteiger partial charge is 0.496 e. The normalized spacial score (nSPS) is 19.0. The monoisotopic (exact) mass is 306 g/mol. The van der Waals surface area contributed by atoms with E-state index in [1.807, 2.05) is 25.1 Å². The van der Waals surface area contributed by atoms with Gasteiger partial charge in [-0.05, 0) is 37.6 Å². The van der Waals surface area contributed by atoms with Crippen LogP contribution in [0.4, 0.5) is 0 Å². The zero-order chi connectivity index (χ0) is 15.9. The van der Waals surface area contributed by atoms with Crippen LogP contribution in [0.1, 0.15) is 17.5 Å². The lowest BCUT2D eigenvalue weighted by atomic mass is 10.1. The molecule has 1 fully saturated rings. The van der Waals surface area contributed by atoms with Crippen LogP contribution in [-0.4, -0.2) is 57.3 Å². The maximum Gasteiger partial charge on any atom is 0.224 e. The number of amides is 1. The smallest absolute Gasteiger partial charge is 0.224 e. The highest BCUT2D eigenvalue weighted by atomic mass is 16.5. The molecule has 0 aliphatic carbocycles. The summed E-state index contributed by atoms with van der Waals surface area (Å²) in [5.74, 6) is 0.899. The number of rotatable bonds is 6. The number of hydrogen-bond acceptors (Lipinski definition) is 4. The number of benzene rings is 1. The molecular weight excluding hydrogens is 280 g/mol. The van der Waals surface area contributed by atoms with Crippen molar-refractivity contribution in [1.82, 2.24) is 10.2 Å². The van der Waals surface area contributed by atoms with Crippen LogP contribution in [0, 0.1) is 6.92 Å². The highest BCUT2D eigenvalue weighted by Crippen LogP contribution is 2.18. The summed E-state index contributed by atoms with van der Waals surface area (Å²) in [7, 11) is 3.75. The molecule has 1 aliphatic rings. The zero-order valence-electron chi connectivity index (χ0n) is 13.7. The fraction of sp³-hybridized carbons (Fsp3) is 0.588. The molecule has 1 aliphatic heterocycles. The van der Waals surface area contributed by atoms with Crippen molar-refractivity contribution >= 4 is 5.91 Å². The van der Waals surface area contributed by atoms with Crippen molar-refractivity contribution in [1.29, 1.82) is 0 Å². The molecule has 0 aromatic heterocycles. The highest BCUT2D eigenvalue weighted by Gasteiger charge is 2.17. The number of hydrogen-bond donors (Lipinski definition) is 1. The Balaban J connectivity index is 1.72. The van der Waals surface area contributed by atoms with Gasteiger partial charge in [-0.15, -0.1) is 0 Å². The van der Waals surface area contributed by atoms with Gasteiger partial charge in [0.05, 0.1) is 26.2 Å². The van der Waals surface area contributed by atoms with Crippen molar-refractivity contribution in [2.24, 2.45) is 0 Å². The Morgan fingerprint density at radius 3 is 3.00 bits per heavy atom. The molecule has 0 radical (unpaired) electrons. The van der Waals surface area contributed by atoms with Crippen molar-refractivity contribution in [3.63, 3.8) is 0 Å². The molecule has 1 aromatic carbocycles. The first-order chi connectivity index (χ1) is 10.6. The van der Waals surface area contributed by atoms with Crippen LogP contribution in [-0.2, 0) is 16.0 Å². The van der Waals surface area contributed by atoms with Crippen molar-refractivity contribution in [3.05, 3.63) is 29.3 Å². The molecule has 1 atom stereocenters. The molecule has 5 nitrogen and oxygen atoms in total. The van der Waals surface area contributed by atoms with Gasteiger partial charge < -0.3 is 19.7 Å². The topological polar surface area (TPSA) is 50.8 Å². The molecule has 1 amide bonds. The van der Waals surface area contributed by atoms with Crippen molar-refractivity contribution in [3.8, 4) is 5.75 Å². The summed E-state index contributed by atoms with van der Waals surface area (Å²) >= 11 is 0. The van der Waals surface area contributed by atoms with Gasteiger partial charge in [0.15, 0.2) is 0 Å². The fourth-order valence-electron chi connectivity index (χ4n) is 2.71. The van der Waals surface area contributed by atoms with Crippen molar-refractivity contribution in [2.75, 3.05) is 40.4 Å². The Hall–Kier alpha value is -1.59. The molecule has 2 rings (SSSR count). The molecule has 0 bridgehead atoms. The van der Waals surface area contributed by atoms with E-state index in [1.54, 1.807) is 7.11 Å². The van der Waals surface area contributed by atoms with E-state index in [4.69, 9.17) is 9.47 Å². The van der Waals surface area contributed by atoms with Crippen LogP contribution < -0.4 is 10.1 Å². The average molecular weight is 306 g/mol. The molecule has 22 heavy (non-hydrogen) atoms. The Bertz CT molecular complexity index is 505. The van der Waals surface area contributed by atoms with Gasteiger partial charge in [0.25, 0.3) is 0 Å². The predicted molar refractivity (Wildman–Crippen MR) is 86.3 cm³/mol. The minimum atomic E-state index is 0.0498. The van der Waals surface area contributed by atoms with Gasteiger partial charge in [-0.3, -0.25) is 4.79 Å². The highest BCUT2D eigenvalue weighted by molar-refractivity contribution is 5.78. The zero-order valence-corrected chi connectivity index (χ0v) is 13.7. The molecule has 1 aromatic rings. The van der Waals surface area contributed by atoms with Crippen LogP contribution in [0.3, 0.4) is 0 Å². The number of nitrogens with zero attached hydrogens (tertiary/aromatic N) is 1. The van der Waals surface area contributed by atoms with E-state index >= 15 is 0 Å². The summed E-state index contributed by atoms with van der Waals surface area (Å²) in [4.78, 5) is 14.3. The molecule has 0 spiro atoms. The van der Waals surface area contributed by atoms with E-state index in [0.29, 0.717) is 13.0 Å². The molecule has 1 N–H and O–H groups in total. The van der Waals surface area contributed by atoms with Gasteiger partial charge in [0.1, 0.15) is 5.75 Å². The Morgan fingerprint density at radius 2 is 2.32 bits per heavy atom. The number of likely N-dealkylation sites (N-methyl/N-ethyl adjacent to an activating group) is 1. The van der Waals surface area contributed by atoms with Gasteiger partial charge in [-0.1, -0.05) is 12.1 Å². The van der Waals surface area contributed by atoms with E-state index in [0.717, 1.165) is 43.0 Å². The number of morpholine rings is 1. The van der Waals surface area contributed by atoms with Gasteiger partial charge in [-0.2, -0.15) is 0 Å². The second kappa shape index (κ2) is 8.15. The Morgan fingerprint density at radius 1 is 1.50 bits per heavy atom. The maximum absolute atomic E-state index is 12.0. The summed E-state index contributed by atoms with van der Waals surface area (Å²) in [5.41, 5.74) is 2.05. The van der Waals surface area contributed by atoms with Crippen LogP contribution >= 0.6 is 0 Å². The van der Waals surface area contributed by atoms with Gasteiger partial charge in [0, 0.05) is 19.6 Å². The number of aryl methyl sites for hydroxylation is 1.